The highest BCUT2D eigenvalue weighted by molar-refractivity contribution is 6.07. The van der Waals surface area contributed by atoms with E-state index in [9.17, 15) is 4.39 Å². The molecule has 0 unspecified atom stereocenters. The highest BCUT2D eigenvalue weighted by Crippen LogP contribution is 2.31. The molecule has 0 saturated heterocycles. The molecule has 1 aromatic carbocycles. The molecule has 8 heteroatoms. The summed E-state index contributed by atoms with van der Waals surface area (Å²) >= 11 is 0. The number of hydrogen-bond acceptors (Lipinski definition) is 7. The smallest absolute Gasteiger partial charge is 0.160 e. The third-order valence-electron chi connectivity index (χ3n) is 4.61. The van der Waals surface area contributed by atoms with Crippen molar-refractivity contribution in [3.63, 3.8) is 0 Å². The minimum Gasteiger partial charge on any atom is -0.395 e. The number of hydrogen-bond donors (Lipinski definition) is 3. The largest absolute Gasteiger partial charge is 0.395 e. The van der Waals surface area contributed by atoms with E-state index in [1.807, 2.05) is 6.07 Å². The van der Waals surface area contributed by atoms with Crippen LogP contribution in [0.5, 0.6) is 0 Å². The molecule has 0 amide bonds. The van der Waals surface area contributed by atoms with Crippen molar-refractivity contribution in [3.8, 4) is 22.5 Å². The van der Waals surface area contributed by atoms with Crippen LogP contribution in [0.25, 0.3) is 39.1 Å². The van der Waals surface area contributed by atoms with E-state index < -0.39 is 0 Å². The van der Waals surface area contributed by atoms with Gasteiger partial charge in [0.05, 0.1) is 36.1 Å². The molecule has 0 bridgehead atoms. The molecule has 0 aliphatic heterocycles. The standard InChI is InChI=1S/C23H19FN6O/c24-19-6-2-1-4-17(19)20-10-18(16-5-3-7-28-23(16)30-20)22-14-27-13-21(29-22)15(11-25)12-26-8-9-31/h1-7,10-14,25-26,31H,8-9H2/b15-12+,25-11?. The van der Waals surface area contributed by atoms with E-state index in [1.54, 1.807) is 55.1 Å². The zero-order chi connectivity index (χ0) is 21.6. The Kier molecular flexibility index (Phi) is 6.00. The van der Waals surface area contributed by atoms with Crippen molar-refractivity contribution in [3.05, 3.63) is 78.8 Å². The number of nitrogens with zero attached hydrogens (tertiary/aromatic N) is 4. The third kappa shape index (κ3) is 4.29. The van der Waals surface area contributed by atoms with Crippen molar-refractivity contribution in [2.24, 2.45) is 0 Å². The highest BCUT2D eigenvalue weighted by Gasteiger charge is 2.14. The quantitative estimate of drug-likeness (QED) is 0.316. The molecule has 0 radical (unpaired) electrons. The van der Waals surface area contributed by atoms with E-state index >= 15 is 0 Å². The van der Waals surface area contributed by atoms with E-state index in [0.29, 0.717) is 46.0 Å². The van der Waals surface area contributed by atoms with Crippen LogP contribution in [-0.2, 0) is 0 Å². The lowest BCUT2D eigenvalue weighted by Crippen LogP contribution is -2.12. The summed E-state index contributed by atoms with van der Waals surface area (Å²) in [4.78, 5) is 17.8. The van der Waals surface area contributed by atoms with Crippen LogP contribution < -0.4 is 5.32 Å². The Morgan fingerprint density at radius 2 is 1.94 bits per heavy atom. The summed E-state index contributed by atoms with van der Waals surface area (Å²) in [6, 6.07) is 11.9. The van der Waals surface area contributed by atoms with Gasteiger partial charge in [-0.05, 0) is 30.3 Å². The molecule has 7 nitrogen and oxygen atoms in total. The van der Waals surface area contributed by atoms with Crippen LogP contribution in [0.1, 0.15) is 5.69 Å². The first kappa shape index (κ1) is 20.2. The number of nitrogens with one attached hydrogen (secondary N) is 2. The Labute approximate surface area is 177 Å². The molecule has 154 valence electrons. The number of rotatable bonds is 7. The van der Waals surface area contributed by atoms with Gasteiger partial charge in [0, 0.05) is 47.2 Å². The average molecular weight is 414 g/mol. The number of benzene rings is 1. The normalized spacial score (nSPS) is 11.5. The van der Waals surface area contributed by atoms with E-state index in [4.69, 9.17) is 10.5 Å². The lowest BCUT2D eigenvalue weighted by atomic mass is 10.0. The average Bonchev–Trinajstić information content (AvgIpc) is 2.81. The molecule has 0 aliphatic rings. The Hall–Kier alpha value is -4.04. The van der Waals surface area contributed by atoms with E-state index in [0.717, 1.165) is 11.6 Å². The Morgan fingerprint density at radius 3 is 2.74 bits per heavy atom. The summed E-state index contributed by atoms with van der Waals surface area (Å²) in [5, 5.41) is 20.3. The molecule has 3 aromatic heterocycles. The van der Waals surface area contributed by atoms with Crippen molar-refractivity contribution in [2.75, 3.05) is 13.2 Å². The zero-order valence-electron chi connectivity index (χ0n) is 16.5. The molecule has 3 N–H and O–H groups in total. The molecule has 0 atom stereocenters. The number of aliphatic hydroxyl groups excluding tert-OH is 1. The lowest BCUT2D eigenvalue weighted by Gasteiger charge is -2.11. The molecule has 31 heavy (non-hydrogen) atoms. The van der Waals surface area contributed by atoms with Crippen LogP contribution >= 0.6 is 0 Å². The molecule has 0 fully saturated rings. The molecule has 0 aliphatic carbocycles. The number of fused-ring (bicyclic) bond motifs is 1. The van der Waals surface area contributed by atoms with E-state index in [2.05, 4.69) is 25.3 Å². The monoisotopic (exact) mass is 414 g/mol. The second-order valence-corrected chi connectivity index (χ2v) is 6.62. The summed E-state index contributed by atoms with van der Waals surface area (Å²) < 4.78 is 14.4. The van der Waals surface area contributed by atoms with Gasteiger partial charge < -0.3 is 15.8 Å². The van der Waals surface area contributed by atoms with E-state index in [-0.39, 0.29) is 12.4 Å². The number of halogens is 1. The maximum atomic E-state index is 14.4. The molecule has 4 rings (SSSR count). The van der Waals surface area contributed by atoms with Crippen molar-refractivity contribution in [2.45, 2.75) is 0 Å². The summed E-state index contributed by atoms with van der Waals surface area (Å²) in [6.07, 6.45) is 7.57. The Morgan fingerprint density at radius 1 is 1.06 bits per heavy atom. The fraction of sp³-hybridized carbons (Fsp3) is 0.0870. The first-order valence-corrected chi connectivity index (χ1v) is 9.59. The number of aliphatic hydroxyl groups is 1. The van der Waals surface area contributed by atoms with Gasteiger partial charge >= 0.3 is 0 Å². The van der Waals surface area contributed by atoms with Gasteiger partial charge in [-0.3, -0.25) is 4.98 Å². The first-order chi connectivity index (χ1) is 15.2. The zero-order valence-corrected chi connectivity index (χ0v) is 16.5. The first-order valence-electron chi connectivity index (χ1n) is 9.59. The molecule has 3 heterocycles. The van der Waals surface area contributed by atoms with Crippen LogP contribution in [0, 0.1) is 11.2 Å². The van der Waals surface area contributed by atoms with E-state index in [1.165, 1.54) is 6.07 Å². The van der Waals surface area contributed by atoms with Crippen molar-refractivity contribution in [1.29, 1.82) is 5.41 Å². The maximum absolute atomic E-state index is 14.4. The number of aromatic nitrogens is 4. The molecular weight excluding hydrogens is 395 g/mol. The fourth-order valence-electron chi connectivity index (χ4n) is 3.15. The molecule has 0 saturated carbocycles. The van der Waals surface area contributed by atoms with Crippen LogP contribution in [-0.4, -0.2) is 44.4 Å². The third-order valence-corrected chi connectivity index (χ3v) is 4.61. The van der Waals surface area contributed by atoms with Crippen molar-refractivity contribution < 1.29 is 9.50 Å². The van der Waals surface area contributed by atoms with Gasteiger partial charge in [-0.1, -0.05) is 12.1 Å². The van der Waals surface area contributed by atoms with Crippen molar-refractivity contribution >= 4 is 22.8 Å². The van der Waals surface area contributed by atoms with Crippen LogP contribution in [0.4, 0.5) is 4.39 Å². The molecular formula is C23H19FN6O. The minimum absolute atomic E-state index is 0.0255. The van der Waals surface area contributed by atoms with Gasteiger partial charge in [0.2, 0.25) is 0 Å². The van der Waals surface area contributed by atoms with Crippen LogP contribution in [0.15, 0.2) is 67.3 Å². The predicted molar refractivity (Wildman–Crippen MR) is 118 cm³/mol. The van der Waals surface area contributed by atoms with Gasteiger partial charge in [-0.2, -0.15) is 0 Å². The summed E-state index contributed by atoms with van der Waals surface area (Å²) in [7, 11) is 0. The number of allylic oxidation sites excluding steroid dienone is 1. The second-order valence-electron chi connectivity index (χ2n) is 6.62. The van der Waals surface area contributed by atoms with Crippen LogP contribution in [0.3, 0.4) is 0 Å². The fourth-order valence-corrected chi connectivity index (χ4v) is 3.15. The SMILES string of the molecule is N=C/C(=C\NCCO)c1cncc(-c2cc(-c3ccccc3F)nc3ncccc23)n1. The summed E-state index contributed by atoms with van der Waals surface area (Å²) in [5.74, 6) is -0.375. The topological polar surface area (TPSA) is 108 Å². The summed E-state index contributed by atoms with van der Waals surface area (Å²) in [6.45, 7) is 0.333. The van der Waals surface area contributed by atoms with Gasteiger partial charge in [0.25, 0.3) is 0 Å². The molecule has 0 spiro atoms. The highest BCUT2D eigenvalue weighted by atomic mass is 19.1. The summed E-state index contributed by atoms with van der Waals surface area (Å²) in [5.41, 5.74) is 3.53. The van der Waals surface area contributed by atoms with Gasteiger partial charge in [-0.25, -0.2) is 19.3 Å². The van der Waals surface area contributed by atoms with Crippen LogP contribution in [0.2, 0.25) is 0 Å². The molecule has 4 aromatic rings. The Balaban J connectivity index is 1.87. The number of pyridine rings is 2. The van der Waals surface area contributed by atoms with Gasteiger partial charge in [0.1, 0.15) is 5.82 Å². The second kappa shape index (κ2) is 9.19. The maximum Gasteiger partial charge on any atom is 0.160 e. The van der Waals surface area contributed by atoms with Gasteiger partial charge in [-0.15, -0.1) is 0 Å². The van der Waals surface area contributed by atoms with Crippen molar-refractivity contribution in [1.82, 2.24) is 25.3 Å². The van der Waals surface area contributed by atoms with Gasteiger partial charge in [0.15, 0.2) is 5.65 Å². The minimum atomic E-state index is -0.375. The predicted octanol–water partition coefficient (Wildman–Crippen LogP) is 3.47. The lowest BCUT2D eigenvalue weighted by molar-refractivity contribution is 0.298. The Bertz CT molecular complexity index is 1270.